The van der Waals surface area contributed by atoms with Crippen LogP contribution < -0.4 is 10.4 Å². The Morgan fingerprint density at radius 1 is 1.00 bits per heavy atom. The number of non-ortho nitro benzene ring substituents is 1. The molecule has 3 rings (SSSR count). The Labute approximate surface area is 193 Å². The summed E-state index contributed by atoms with van der Waals surface area (Å²) < 4.78 is 14.2. The minimum Gasteiger partial charge on any atom is -0.530 e. The Balaban J connectivity index is 1.92. The van der Waals surface area contributed by atoms with E-state index in [0.717, 1.165) is 29.2 Å². The Bertz CT molecular complexity index is 1250. The van der Waals surface area contributed by atoms with Crippen LogP contribution in [0.4, 0.5) is 20.6 Å². The van der Waals surface area contributed by atoms with E-state index in [2.05, 4.69) is 5.32 Å². The lowest BCUT2D eigenvalue weighted by atomic mass is 10.00. The number of halogens is 1. The van der Waals surface area contributed by atoms with Gasteiger partial charge in [0.05, 0.1) is 21.7 Å². The van der Waals surface area contributed by atoms with E-state index in [1.54, 1.807) is 30.3 Å². The average Bonchev–Trinajstić information content (AvgIpc) is 2.82. The highest BCUT2D eigenvalue weighted by Gasteiger charge is 2.25. The lowest BCUT2D eigenvalue weighted by Crippen LogP contribution is -2.50. The van der Waals surface area contributed by atoms with Crippen molar-refractivity contribution in [2.45, 2.75) is 19.5 Å². The van der Waals surface area contributed by atoms with Crippen molar-refractivity contribution in [3.63, 3.8) is 0 Å². The first-order valence-corrected chi connectivity index (χ1v) is 10.1. The normalized spacial score (nSPS) is 11.4. The van der Waals surface area contributed by atoms with Crippen LogP contribution in [-0.2, 0) is 11.3 Å². The van der Waals surface area contributed by atoms with Gasteiger partial charge in [-0.05, 0) is 30.7 Å². The Morgan fingerprint density at radius 3 is 2.26 bits per heavy atom. The molecule has 0 saturated heterocycles. The van der Waals surface area contributed by atoms with E-state index in [4.69, 9.17) is 0 Å². The van der Waals surface area contributed by atoms with Gasteiger partial charge in [-0.25, -0.2) is 4.39 Å². The summed E-state index contributed by atoms with van der Waals surface area (Å²) >= 11 is 0. The third-order valence-electron chi connectivity index (χ3n) is 5.11. The number of carbonyl (C=O) groups is 3. The number of benzene rings is 3. The van der Waals surface area contributed by atoms with Gasteiger partial charge in [0.2, 0.25) is 5.91 Å². The van der Waals surface area contributed by atoms with Gasteiger partial charge in [0.15, 0.2) is 5.78 Å². The largest absolute Gasteiger partial charge is 0.530 e. The molecule has 0 aliphatic heterocycles. The smallest absolute Gasteiger partial charge is 0.270 e. The molecule has 34 heavy (non-hydrogen) atoms. The molecule has 0 heterocycles. The zero-order valence-electron chi connectivity index (χ0n) is 17.9. The van der Waals surface area contributed by atoms with E-state index in [1.165, 1.54) is 25.1 Å². The number of carboxylic acid groups (broad SMARTS) is 1. The number of rotatable bonds is 8. The summed E-state index contributed by atoms with van der Waals surface area (Å²) in [6.07, 6.45) is -1.59. The molecule has 1 N–H and O–H groups in total. The number of nitrogens with one attached hydrogen (secondary N) is 1. The maximum Gasteiger partial charge on any atom is 0.270 e. The second-order valence-corrected chi connectivity index (χ2v) is 7.34. The molecule has 1 atom stereocenters. The van der Waals surface area contributed by atoms with E-state index < -0.39 is 40.3 Å². The van der Waals surface area contributed by atoms with Crippen molar-refractivity contribution < 1.29 is 28.8 Å². The van der Waals surface area contributed by atoms with Crippen LogP contribution in [0.25, 0.3) is 0 Å². The molecule has 9 nitrogen and oxygen atoms in total. The summed E-state index contributed by atoms with van der Waals surface area (Å²) in [5.41, 5.74) is -0.605. The standard InChI is InChI=1S/C24H20FN3O6/c1-15(27(24(31)32)14-16-7-3-2-4-8-16)23(30)26-21-12-11-17(28(33)34)13-19(21)22(29)18-9-5-6-10-20(18)25/h2-13,15H,14H2,1H3,(H,26,30)(H,31,32)/p-1. The summed E-state index contributed by atoms with van der Waals surface area (Å²) in [6, 6.07) is 15.5. The molecule has 2 amide bonds. The summed E-state index contributed by atoms with van der Waals surface area (Å²) in [6.45, 7) is 1.21. The number of amides is 2. The van der Waals surface area contributed by atoms with Crippen LogP contribution in [0.15, 0.2) is 72.8 Å². The van der Waals surface area contributed by atoms with Crippen molar-refractivity contribution in [2.24, 2.45) is 0 Å². The minimum absolute atomic E-state index is 0.126. The number of nitro groups is 1. The van der Waals surface area contributed by atoms with E-state index in [1.807, 2.05) is 0 Å². The second-order valence-electron chi connectivity index (χ2n) is 7.34. The predicted octanol–water partition coefficient (Wildman–Crippen LogP) is 3.14. The Hall–Kier alpha value is -4.60. The molecular weight excluding hydrogens is 445 g/mol. The van der Waals surface area contributed by atoms with Gasteiger partial charge in [-0.2, -0.15) is 0 Å². The number of hydrogen-bond acceptors (Lipinski definition) is 6. The first-order chi connectivity index (χ1) is 16.2. The van der Waals surface area contributed by atoms with Crippen molar-refractivity contribution in [3.05, 3.63) is 105 Å². The topological polar surface area (TPSA) is 133 Å². The van der Waals surface area contributed by atoms with Crippen molar-refractivity contribution in [1.29, 1.82) is 0 Å². The molecule has 3 aromatic rings. The van der Waals surface area contributed by atoms with Crippen LogP contribution in [0, 0.1) is 15.9 Å². The molecule has 0 bridgehead atoms. The number of hydrogen-bond donors (Lipinski definition) is 1. The quantitative estimate of drug-likeness (QED) is 0.309. The van der Waals surface area contributed by atoms with E-state index in [9.17, 15) is 34.0 Å². The van der Waals surface area contributed by atoms with Gasteiger partial charge in [0.25, 0.3) is 5.69 Å². The van der Waals surface area contributed by atoms with E-state index >= 15 is 0 Å². The summed E-state index contributed by atoms with van der Waals surface area (Å²) in [5, 5.41) is 25.3. The Kier molecular flexibility index (Phi) is 7.32. The van der Waals surface area contributed by atoms with E-state index in [0.29, 0.717) is 5.56 Å². The fraction of sp³-hybridized carbons (Fsp3) is 0.125. The number of ketones is 1. The Morgan fingerprint density at radius 2 is 1.65 bits per heavy atom. The highest BCUT2D eigenvalue weighted by Crippen LogP contribution is 2.26. The number of anilines is 1. The number of nitrogens with zero attached hydrogens (tertiary/aromatic N) is 2. The maximum absolute atomic E-state index is 14.2. The van der Waals surface area contributed by atoms with Gasteiger partial charge in [0, 0.05) is 18.7 Å². The fourth-order valence-electron chi connectivity index (χ4n) is 3.25. The molecule has 174 valence electrons. The van der Waals surface area contributed by atoms with Crippen LogP contribution in [-0.4, -0.2) is 33.6 Å². The SMILES string of the molecule is CC(C(=O)Nc1ccc([N+](=O)[O-])cc1C(=O)c1ccccc1F)N(Cc1ccccc1)C(=O)[O-]. The predicted molar refractivity (Wildman–Crippen MR) is 118 cm³/mol. The van der Waals surface area contributed by atoms with Gasteiger partial charge in [0.1, 0.15) is 18.0 Å². The highest BCUT2D eigenvalue weighted by molar-refractivity contribution is 6.14. The molecule has 10 heteroatoms. The minimum atomic E-state index is -1.59. The molecule has 0 radical (unpaired) electrons. The van der Waals surface area contributed by atoms with Crippen molar-refractivity contribution in [1.82, 2.24) is 4.90 Å². The molecule has 1 unspecified atom stereocenters. The van der Waals surface area contributed by atoms with E-state index in [-0.39, 0.29) is 23.4 Å². The van der Waals surface area contributed by atoms with Crippen LogP contribution in [0.1, 0.15) is 28.4 Å². The first kappa shape index (κ1) is 24.1. The monoisotopic (exact) mass is 464 g/mol. The fourth-order valence-corrected chi connectivity index (χ4v) is 3.25. The van der Waals surface area contributed by atoms with Gasteiger partial charge < -0.3 is 20.1 Å². The molecule has 0 aromatic heterocycles. The zero-order valence-corrected chi connectivity index (χ0v) is 17.9. The number of carbonyl (C=O) groups excluding carboxylic acids is 3. The van der Waals surface area contributed by atoms with Crippen LogP contribution in [0.5, 0.6) is 0 Å². The molecule has 0 fully saturated rings. The van der Waals surface area contributed by atoms with Crippen molar-refractivity contribution >= 4 is 29.2 Å². The molecular formula is C24H19FN3O6-. The molecule has 0 spiro atoms. The molecule has 0 saturated carbocycles. The third-order valence-corrected chi connectivity index (χ3v) is 5.11. The van der Waals surface area contributed by atoms with Crippen molar-refractivity contribution in [2.75, 3.05) is 5.32 Å². The summed E-state index contributed by atoms with van der Waals surface area (Å²) in [4.78, 5) is 48.8. The average molecular weight is 464 g/mol. The van der Waals surface area contributed by atoms with Gasteiger partial charge in [-0.15, -0.1) is 0 Å². The van der Waals surface area contributed by atoms with Gasteiger partial charge >= 0.3 is 0 Å². The first-order valence-electron chi connectivity index (χ1n) is 10.1. The van der Waals surface area contributed by atoms with Crippen LogP contribution >= 0.6 is 0 Å². The van der Waals surface area contributed by atoms with Gasteiger partial charge in [-0.1, -0.05) is 42.5 Å². The molecule has 0 aliphatic rings. The van der Waals surface area contributed by atoms with Gasteiger partial charge in [-0.3, -0.25) is 19.7 Å². The lowest BCUT2D eigenvalue weighted by Gasteiger charge is -2.31. The third kappa shape index (κ3) is 5.41. The zero-order chi connectivity index (χ0) is 24.8. The maximum atomic E-state index is 14.2. The number of nitro benzene ring substituents is 1. The highest BCUT2D eigenvalue weighted by atomic mass is 19.1. The molecule has 3 aromatic carbocycles. The summed E-state index contributed by atoms with van der Waals surface area (Å²) in [7, 11) is 0. The second kappa shape index (κ2) is 10.3. The molecule has 0 aliphatic carbocycles. The summed E-state index contributed by atoms with van der Waals surface area (Å²) in [5.74, 6) is -2.53. The van der Waals surface area contributed by atoms with Crippen LogP contribution in [0.3, 0.4) is 0 Å². The van der Waals surface area contributed by atoms with Crippen LogP contribution in [0.2, 0.25) is 0 Å². The lowest BCUT2D eigenvalue weighted by molar-refractivity contribution is -0.384. The van der Waals surface area contributed by atoms with Crippen molar-refractivity contribution in [3.8, 4) is 0 Å².